The molecule has 0 saturated carbocycles. The van der Waals surface area contributed by atoms with Crippen molar-refractivity contribution in [1.82, 2.24) is 0 Å². The molecule has 0 aromatic carbocycles. The molecule has 0 aromatic rings. The maximum absolute atomic E-state index is 11.0. The third-order valence-corrected chi connectivity index (χ3v) is 3.31. The van der Waals surface area contributed by atoms with E-state index in [0.717, 1.165) is 0 Å². The van der Waals surface area contributed by atoms with E-state index in [-0.39, 0.29) is 11.6 Å². The van der Waals surface area contributed by atoms with Crippen LogP contribution in [0.3, 0.4) is 0 Å². The van der Waals surface area contributed by atoms with Gasteiger partial charge in [-0.05, 0) is 33.8 Å². The van der Waals surface area contributed by atoms with Crippen molar-refractivity contribution in [1.29, 1.82) is 0 Å². The van der Waals surface area contributed by atoms with Crippen molar-refractivity contribution in [3.63, 3.8) is 0 Å². The van der Waals surface area contributed by atoms with Crippen LogP contribution in [0.25, 0.3) is 0 Å². The molecule has 11 heavy (non-hydrogen) atoms. The smallest absolute Gasteiger partial charge is 0.163 e. The van der Waals surface area contributed by atoms with E-state index >= 15 is 0 Å². The summed E-state index contributed by atoms with van der Waals surface area (Å²) >= 11 is 0. The van der Waals surface area contributed by atoms with Gasteiger partial charge in [0.15, 0.2) is 11.6 Å². The van der Waals surface area contributed by atoms with Gasteiger partial charge in [0.1, 0.15) is 0 Å². The number of carbonyl (C=O) groups excluding carboxylic acids is 2. The SMILES string of the molecule is CC(=O)C(C(C)=O)=P(C)(C)C. The fourth-order valence-corrected chi connectivity index (χ4v) is 3.08. The molecule has 0 aliphatic heterocycles. The lowest BCUT2D eigenvalue weighted by Crippen LogP contribution is -2.20. The van der Waals surface area contributed by atoms with Crippen molar-refractivity contribution < 1.29 is 9.59 Å². The molecule has 0 heterocycles. The summed E-state index contributed by atoms with van der Waals surface area (Å²) in [5.74, 6) is -0.142. The van der Waals surface area contributed by atoms with Gasteiger partial charge in [-0.2, -0.15) is 0 Å². The van der Waals surface area contributed by atoms with Crippen molar-refractivity contribution in [2.45, 2.75) is 13.8 Å². The summed E-state index contributed by atoms with van der Waals surface area (Å²) < 4.78 is 0. The van der Waals surface area contributed by atoms with Crippen molar-refractivity contribution in [3.8, 4) is 0 Å². The van der Waals surface area contributed by atoms with Crippen LogP contribution >= 0.6 is 6.89 Å². The molecule has 0 aliphatic rings. The molecule has 0 saturated heterocycles. The second-order valence-corrected chi connectivity index (χ2v) is 7.95. The molecule has 64 valence electrons. The first-order chi connectivity index (χ1) is 4.76. The Labute approximate surface area is 68.0 Å². The highest BCUT2D eigenvalue weighted by Gasteiger charge is 2.15. The van der Waals surface area contributed by atoms with Crippen LogP contribution in [0.2, 0.25) is 0 Å². The summed E-state index contributed by atoms with van der Waals surface area (Å²) in [6.45, 7) is 7.43. The predicted molar refractivity (Wildman–Crippen MR) is 51.1 cm³/mol. The Bertz CT molecular complexity index is 221. The van der Waals surface area contributed by atoms with Crippen LogP contribution in [0.5, 0.6) is 0 Å². The number of ketones is 2. The van der Waals surface area contributed by atoms with E-state index in [4.69, 9.17) is 0 Å². The van der Waals surface area contributed by atoms with Gasteiger partial charge in [0.2, 0.25) is 0 Å². The van der Waals surface area contributed by atoms with Gasteiger partial charge in [0.05, 0.1) is 5.29 Å². The minimum atomic E-state index is -1.42. The van der Waals surface area contributed by atoms with Gasteiger partial charge < -0.3 is 0 Å². The highest BCUT2D eigenvalue weighted by Crippen LogP contribution is 2.35. The summed E-state index contributed by atoms with van der Waals surface area (Å²) in [4.78, 5) is 22.0. The molecule has 0 bridgehead atoms. The quantitative estimate of drug-likeness (QED) is 0.466. The van der Waals surface area contributed by atoms with E-state index in [1.54, 1.807) is 0 Å². The summed E-state index contributed by atoms with van der Waals surface area (Å²) in [6, 6.07) is 0. The highest BCUT2D eigenvalue weighted by molar-refractivity contribution is 7.77. The number of hydrogen-bond donors (Lipinski definition) is 0. The normalized spacial score (nSPS) is 11.0. The zero-order valence-electron chi connectivity index (χ0n) is 7.76. The first-order valence-electron chi connectivity index (χ1n) is 3.47. The first-order valence-corrected chi connectivity index (χ1v) is 6.60. The minimum Gasteiger partial charge on any atom is -0.294 e. The van der Waals surface area contributed by atoms with E-state index < -0.39 is 6.89 Å². The zero-order chi connectivity index (χ0) is 9.23. The maximum atomic E-state index is 11.0. The second-order valence-electron chi connectivity index (χ2n) is 3.47. The Morgan fingerprint density at radius 3 is 1.18 bits per heavy atom. The summed E-state index contributed by atoms with van der Waals surface area (Å²) in [6.07, 6.45) is 0. The van der Waals surface area contributed by atoms with Crippen LogP contribution in [-0.2, 0) is 9.59 Å². The number of carbonyl (C=O) groups is 2. The van der Waals surface area contributed by atoms with Gasteiger partial charge >= 0.3 is 0 Å². The average molecular weight is 174 g/mol. The monoisotopic (exact) mass is 174 g/mol. The van der Waals surface area contributed by atoms with Crippen LogP contribution in [0.1, 0.15) is 13.8 Å². The molecule has 0 atom stereocenters. The fraction of sp³-hybridized carbons (Fsp3) is 0.625. The van der Waals surface area contributed by atoms with Gasteiger partial charge in [-0.1, -0.05) is 6.89 Å². The van der Waals surface area contributed by atoms with Gasteiger partial charge in [-0.3, -0.25) is 9.59 Å². The van der Waals surface area contributed by atoms with Crippen LogP contribution in [0.15, 0.2) is 0 Å². The first kappa shape index (κ1) is 10.6. The fourth-order valence-electron chi connectivity index (χ4n) is 1.19. The Morgan fingerprint density at radius 2 is 1.18 bits per heavy atom. The van der Waals surface area contributed by atoms with Crippen LogP contribution < -0.4 is 0 Å². The third-order valence-electron chi connectivity index (χ3n) is 1.34. The van der Waals surface area contributed by atoms with E-state index in [9.17, 15) is 9.59 Å². The molecule has 0 radical (unpaired) electrons. The van der Waals surface area contributed by atoms with Crippen LogP contribution in [0, 0.1) is 0 Å². The van der Waals surface area contributed by atoms with E-state index in [2.05, 4.69) is 0 Å². The lowest BCUT2D eigenvalue weighted by Gasteiger charge is -2.12. The number of rotatable bonds is 2. The minimum absolute atomic E-state index is 0.0710. The maximum Gasteiger partial charge on any atom is 0.163 e. The van der Waals surface area contributed by atoms with Crippen molar-refractivity contribution in [2.24, 2.45) is 0 Å². The van der Waals surface area contributed by atoms with Crippen molar-refractivity contribution >= 4 is 23.7 Å². The molecule has 3 heteroatoms. The molecule has 2 nitrogen and oxygen atoms in total. The molecule has 0 aromatic heterocycles. The van der Waals surface area contributed by atoms with Gasteiger partial charge in [-0.25, -0.2) is 0 Å². The average Bonchev–Trinajstić information content (AvgIpc) is 1.54. The van der Waals surface area contributed by atoms with Crippen LogP contribution in [-0.4, -0.2) is 36.9 Å². The van der Waals surface area contributed by atoms with Gasteiger partial charge in [-0.15, -0.1) is 0 Å². The Balaban J connectivity index is 5.26. The third kappa shape index (κ3) is 3.02. The molecule has 0 fully saturated rings. The second kappa shape index (κ2) is 3.36. The number of hydrogen-bond acceptors (Lipinski definition) is 2. The molecule has 0 rings (SSSR count). The topological polar surface area (TPSA) is 34.1 Å². The standard InChI is InChI=1S/C8H15O2P/c1-6(9)8(7(2)10)11(3,4)5/h1-5H3. The molecular formula is C8H15O2P. The van der Waals surface area contributed by atoms with Gasteiger partial charge in [0.25, 0.3) is 0 Å². The van der Waals surface area contributed by atoms with E-state index in [1.165, 1.54) is 13.8 Å². The Morgan fingerprint density at radius 1 is 0.909 bits per heavy atom. The molecule has 0 N–H and O–H groups in total. The summed E-state index contributed by atoms with van der Waals surface area (Å²) in [7, 11) is 0. The molecule has 0 aliphatic carbocycles. The number of Topliss-reactive ketones (excluding diaryl/α,β-unsaturated/α-hetero) is 2. The van der Waals surface area contributed by atoms with E-state index in [1.807, 2.05) is 20.0 Å². The Hall–Kier alpha value is -0.360. The molecule has 0 spiro atoms. The summed E-state index contributed by atoms with van der Waals surface area (Å²) in [5, 5.41) is 0.512. The highest BCUT2D eigenvalue weighted by atomic mass is 31.2. The van der Waals surface area contributed by atoms with E-state index in [0.29, 0.717) is 5.29 Å². The van der Waals surface area contributed by atoms with Crippen molar-refractivity contribution in [3.05, 3.63) is 0 Å². The largest absolute Gasteiger partial charge is 0.294 e. The lowest BCUT2D eigenvalue weighted by atomic mass is 10.2. The summed E-state index contributed by atoms with van der Waals surface area (Å²) in [5.41, 5.74) is 0. The molecule has 0 amide bonds. The van der Waals surface area contributed by atoms with Crippen LogP contribution in [0.4, 0.5) is 0 Å². The molecule has 0 unspecified atom stereocenters. The lowest BCUT2D eigenvalue weighted by molar-refractivity contribution is -0.114. The zero-order valence-corrected chi connectivity index (χ0v) is 8.66. The molecular weight excluding hydrogens is 159 g/mol. The van der Waals surface area contributed by atoms with Crippen molar-refractivity contribution in [2.75, 3.05) is 20.0 Å². The van der Waals surface area contributed by atoms with Gasteiger partial charge in [0, 0.05) is 0 Å². The predicted octanol–water partition coefficient (Wildman–Crippen LogP) is 1.24. The Kier molecular flexibility index (Phi) is 3.25.